The number of benzene rings is 1. The van der Waals surface area contributed by atoms with Gasteiger partial charge in [-0.2, -0.15) is 0 Å². The van der Waals surface area contributed by atoms with E-state index >= 15 is 0 Å². The smallest absolute Gasteiger partial charge is 0.319 e. The molecular weight excluding hydrogens is 310 g/mol. The van der Waals surface area contributed by atoms with E-state index in [9.17, 15) is 9.59 Å². The number of carbonyl (C=O) groups is 2. The van der Waals surface area contributed by atoms with Gasteiger partial charge in [-0.15, -0.1) is 10.2 Å². The lowest BCUT2D eigenvalue weighted by atomic mass is 10.2. The van der Waals surface area contributed by atoms with Crippen molar-refractivity contribution in [2.24, 2.45) is 0 Å². The minimum atomic E-state index is -0.385. The van der Waals surface area contributed by atoms with Crippen LogP contribution in [-0.2, 0) is 11.3 Å². The molecular formula is C16H19N5O3. The van der Waals surface area contributed by atoms with Crippen molar-refractivity contribution in [2.75, 3.05) is 10.2 Å². The Morgan fingerprint density at radius 2 is 2.25 bits per heavy atom. The number of urea groups is 1. The molecule has 126 valence electrons. The third-order valence-electron chi connectivity index (χ3n) is 3.84. The molecule has 3 rings (SSSR count). The van der Waals surface area contributed by atoms with Crippen molar-refractivity contribution in [3.8, 4) is 0 Å². The van der Waals surface area contributed by atoms with Crippen molar-refractivity contribution in [1.82, 2.24) is 15.5 Å². The maximum Gasteiger partial charge on any atom is 0.319 e. The molecule has 0 saturated carbocycles. The fourth-order valence-corrected chi connectivity index (χ4v) is 2.70. The highest BCUT2D eigenvalue weighted by Crippen LogP contribution is 2.28. The number of aryl methyl sites for hydroxylation is 1. The molecule has 0 spiro atoms. The minimum absolute atomic E-state index is 0.107. The average molecular weight is 329 g/mol. The molecule has 2 aromatic rings. The minimum Gasteiger partial charge on any atom is -0.424 e. The largest absolute Gasteiger partial charge is 0.424 e. The Morgan fingerprint density at radius 3 is 2.92 bits per heavy atom. The number of hydrogen-bond acceptors (Lipinski definition) is 5. The Kier molecular flexibility index (Phi) is 4.45. The average Bonchev–Trinajstić information content (AvgIpc) is 3.11. The van der Waals surface area contributed by atoms with Crippen LogP contribution in [0.5, 0.6) is 0 Å². The van der Waals surface area contributed by atoms with Crippen molar-refractivity contribution in [2.45, 2.75) is 39.3 Å². The number of nitrogens with one attached hydrogen (secondary N) is 2. The molecule has 1 aliphatic heterocycles. The van der Waals surface area contributed by atoms with Crippen molar-refractivity contribution >= 4 is 23.3 Å². The van der Waals surface area contributed by atoms with Crippen molar-refractivity contribution < 1.29 is 14.0 Å². The Bertz CT molecular complexity index is 758. The molecule has 2 heterocycles. The zero-order valence-corrected chi connectivity index (χ0v) is 13.6. The molecule has 8 heteroatoms. The number of nitrogens with zero attached hydrogens (tertiary/aromatic N) is 3. The summed E-state index contributed by atoms with van der Waals surface area (Å²) in [6, 6.07) is 7.02. The first-order chi connectivity index (χ1) is 11.5. The molecule has 1 aliphatic rings. The first-order valence-electron chi connectivity index (χ1n) is 7.79. The number of rotatable bonds is 4. The first-order valence-corrected chi connectivity index (χ1v) is 7.79. The zero-order valence-electron chi connectivity index (χ0n) is 13.6. The molecule has 2 N–H and O–H groups in total. The molecule has 0 bridgehead atoms. The van der Waals surface area contributed by atoms with E-state index in [1.165, 1.54) is 0 Å². The lowest BCUT2D eigenvalue weighted by Crippen LogP contribution is -2.31. The van der Waals surface area contributed by atoms with E-state index in [0.717, 1.165) is 12.1 Å². The van der Waals surface area contributed by atoms with Gasteiger partial charge in [0, 0.05) is 30.8 Å². The van der Waals surface area contributed by atoms with Crippen molar-refractivity contribution in [1.29, 1.82) is 0 Å². The quantitative estimate of drug-likeness (QED) is 0.896. The summed E-state index contributed by atoms with van der Waals surface area (Å²) in [4.78, 5) is 25.7. The Balaban J connectivity index is 1.61. The Hall–Kier alpha value is -2.90. The van der Waals surface area contributed by atoms with Gasteiger partial charge in [0.1, 0.15) is 0 Å². The topological polar surface area (TPSA) is 100 Å². The zero-order chi connectivity index (χ0) is 17.1. The number of carbonyl (C=O) groups excluding carboxylic acids is 2. The van der Waals surface area contributed by atoms with Gasteiger partial charge in [-0.05, 0) is 31.5 Å². The van der Waals surface area contributed by atoms with E-state index in [4.69, 9.17) is 4.42 Å². The summed E-state index contributed by atoms with van der Waals surface area (Å²) < 4.78 is 5.19. The van der Waals surface area contributed by atoms with Crippen molar-refractivity contribution in [3.05, 3.63) is 36.0 Å². The van der Waals surface area contributed by atoms with E-state index < -0.39 is 0 Å². The summed E-state index contributed by atoms with van der Waals surface area (Å²) in [5.74, 6) is 0.896. The van der Waals surface area contributed by atoms with Crippen LogP contribution in [0.4, 0.5) is 16.2 Å². The molecule has 1 saturated heterocycles. The van der Waals surface area contributed by atoms with Gasteiger partial charge in [-0.25, -0.2) is 4.79 Å². The fraction of sp³-hybridized carbons (Fsp3) is 0.375. The Labute approximate surface area is 139 Å². The highest BCUT2D eigenvalue weighted by molar-refractivity contribution is 5.97. The first kappa shape index (κ1) is 16.0. The highest BCUT2D eigenvalue weighted by Gasteiger charge is 2.28. The Morgan fingerprint density at radius 1 is 1.42 bits per heavy atom. The van der Waals surface area contributed by atoms with Gasteiger partial charge in [0.15, 0.2) is 0 Å². The standard InChI is InChI=1S/C16H19N5O3/c1-10-6-7-15(22)21(10)13-5-3-4-12(8-13)18-16(23)17-9-14-20-19-11(2)24-14/h3-5,8,10H,6-7,9H2,1-2H3,(H2,17,18,23)/t10-/m1/s1. The summed E-state index contributed by atoms with van der Waals surface area (Å²) in [5, 5.41) is 12.9. The predicted octanol–water partition coefficient (Wildman–Crippen LogP) is 2.22. The maximum atomic E-state index is 12.0. The van der Waals surface area contributed by atoms with Gasteiger partial charge in [-0.3, -0.25) is 4.79 Å². The van der Waals surface area contributed by atoms with E-state index in [2.05, 4.69) is 20.8 Å². The lowest BCUT2D eigenvalue weighted by molar-refractivity contribution is -0.117. The van der Waals surface area contributed by atoms with E-state index in [0.29, 0.717) is 23.9 Å². The van der Waals surface area contributed by atoms with Crippen LogP contribution in [0, 0.1) is 6.92 Å². The number of aromatic nitrogens is 2. The van der Waals surface area contributed by atoms with Gasteiger partial charge >= 0.3 is 6.03 Å². The van der Waals surface area contributed by atoms with Crippen LogP contribution in [0.2, 0.25) is 0 Å². The maximum absolute atomic E-state index is 12.0. The van der Waals surface area contributed by atoms with E-state index in [1.54, 1.807) is 24.0 Å². The van der Waals surface area contributed by atoms with Gasteiger partial charge in [0.2, 0.25) is 17.7 Å². The number of hydrogen-bond donors (Lipinski definition) is 2. The van der Waals surface area contributed by atoms with Gasteiger partial charge < -0.3 is 20.0 Å². The second kappa shape index (κ2) is 6.69. The van der Waals surface area contributed by atoms with E-state index in [1.807, 2.05) is 19.1 Å². The normalized spacial score (nSPS) is 17.2. The number of amides is 3. The molecule has 24 heavy (non-hydrogen) atoms. The third kappa shape index (κ3) is 3.53. The molecule has 1 atom stereocenters. The van der Waals surface area contributed by atoms with Crippen molar-refractivity contribution in [3.63, 3.8) is 0 Å². The second-order valence-electron chi connectivity index (χ2n) is 5.72. The third-order valence-corrected chi connectivity index (χ3v) is 3.84. The predicted molar refractivity (Wildman–Crippen MR) is 87.5 cm³/mol. The summed E-state index contributed by atoms with van der Waals surface area (Å²) in [6.07, 6.45) is 1.41. The van der Waals surface area contributed by atoms with Crippen LogP contribution >= 0.6 is 0 Å². The molecule has 0 radical (unpaired) electrons. The summed E-state index contributed by atoms with van der Waals surface area (Å²) >= 11 is 0. The molecule has 1 aromatic heterocycles. The molecule has 1 fully saturated rings. The van der Waals surface area contributed by atoms with Crippen LogP contribution in [0.3, 0.4) is 0 Å². The van der Waals surface area contributed by atoms with Gasteiger partial charge in [-0.1, -0.05) is 6.07 Å². The van der Waals surface area contributed by atoms with Crippen LogP contribution in [0.25, 0.3) is 0 Å². The molecule has 0 aliphatic carbocycles. The second-order valence-corrected chi connectivity index (χ2v) is 5.72. The molecule has 8 nitrogen and oxygen atoms in total. The van der Waals surface area contributed by atoms with Crippen LogP contribution in [0.1, 0.15) is 31.5 Å². The summed E-state index contributed by atoms with van der Waals surface area (Å²) in [5.41, 5.74) is 1.40. The van der Waals surface area contributed by atoms with Gasteiger partial charge in [0.25, 0.3) is 0 Å². The lowest BCUT2D eigenvalue weighted by Gasteiger charge is -2.22. The van der Waals surface area contributed by atoms with Crippen LogP contribution in [-0.4, -0.2) is 28.2 Å². The fourth-order valence-electron chi connectivity index (χ4n) is 2.70. The summed E-state index contributed by atoms with van der Waals surface area (Å²) in [6.45, 7) is 3.85. The van der Waals surface area contributed by atoms with Crippen LogP contribution < -0.4 is 15.5 Å². The van der Waals surface area contributed by atoms with E-state index in [-0.39, 0.29) is 24.5 Å². The molecule has 1 aromatic carbocycles. The van der Waals surface area contributed by atoms with Gasteiger partial charge in [0.05, 0.1) is 6.54 Å². The molecule has 3 amide bonds. The monoisotopic (exact) mass is 329 g/mol. The number of anilines is 2. The summed E-state index contributed by atoms with van der Waals surface area (Å²) in [7, 11) is 0. The SMILES string of the molecule is Cc1nnc(CNC(=O)Nc2cccc(N3C(=O)CC[C@H]3C)c2)o1. The molecule has 0 unspecified atom stereocenters. The van der Waals surface area contributed by atoms with Crippen LogP contribution in [0.15, 0.2) is 28.7 Å². The highest BCUT2D eigenvalue weighted by atomic mass is 16.4.